The van der Waals surface area contributed by atoms with Crippen LogP contribution in [-0.2, 0) is 9.59 Å². The van der Waals surface area contributed by atoms with Crippen LogP contribution in [0.25, 0.3) is 0 Å². The summed E-state index contributed by atoms with van der Waals surface area (Å²) in [5.41, 5.74) is 0.678. The molecule has 2 fully saturated rings. The molecule has 6 heteroatoms. The topological polar surface area (TPSA) is 59.2 Å². The lowest BCUT2D eigenvalue weighted by atomic mass is 10.1. The van der Waals surface area contributed by atoms with E-state index < -0.39 is 0 Å². The second kappa shape index (κ2) is 6.64. The first-order chi connectivity index (χ1) is 12.2. The number of hydrogen-bond acceptors (Lipinski definition) is 3. The lowest BCUT2D eigenvalue weighted by Crippen LogP contribution is -3.19. The van der Waals surface area contributed by atoms with Crippen LogP contribution in [0.3, 0.4) is 0 Å². The summed E-state index contributed by atoms with van der Waals surface area (Å²) in [6.07, 6.45) is 2.23. The molecule has 0 aliphatic carbocycles. The Kier molecular flexibility index (Phi) is 4.19. The number of nitrogens with zero attached hydrogens (tertiary/aromatic N) is 2. The van der Waals surface area contributed by atoms with Crippen LogP contribution >= 0.6 is 0 Å². The van der Waals surface area contributed by atoms with Crippen molar-refractivity contribution in [1.29, 1.82) is 0 Å². The smallest absolute Gasteiger partial charge is 0.292 e. The highest BCUT2D eigenvalue weighted by molar-refractivity contribution is 6.21. The van der Waals surface area contributed by atoms with E-state index in [4.69, 9.17) is 0 Å². The van der Waals surface area contributed by atoms with Gasteiger partial charge in [0.2, 0.25) is 5.91 Å². The minimum atomic E-state index is -0.255. The van der Waals surface area contributed by atoms with Gasteiger partial charge in [-0.3, -0.25) is 14.5 Å². The van der Waals surface area contributed by atoms with Gasteiger partial charge in [0.05, 0.1) is 18.3 Å². The number of quaternary nitrogens is 1. The van der Waals surface area contributed by atoms with Crippen LogP contribution < -0.4 is 19.7 Å². The van der Waals surface area contributed by atoms with Gasteiger partial charge in [-0.25, -0.2) is 9.88 Å². The van der Waals surface area contributed by atoms with E-state index >= 15 is 0 Å². The maximum atomic E-state index is 12.8. The number of aromatic nitrogens is 1. The van der Waals surface area contributed by atoms with E-state index in [0.29, 0.717) is 12.1 Å². The number of para-hydroxylation sites is 1. The number of aromatic amines is 1. The largest absolute Gasteiger partial charge is 0.318 e. The van der Waals surface area contributed by atoms with Crippen LogP contribution in [0.15, 0.2) is 54.7 Å². The second-order valence-electron chi connectivity index (χ2n) is 6.55. The zero-order valence-electron chi connectivity index (χ0n) is 14.0. The van der Waals surface area contributed by atoms with Crippen molar-refractivity contribution in [2.24, 2.45) is 0 Å². The number of piperazine rings is 1. The molecule has 2 aromatic rings. The summed E-state index contributed by atoms with van der Waals surface area (Å²) in [5, 5.41) is 0. The number of rotatable bonds is 3. The Morgan fingerprint density at radius 3 is 2.36 bits per heavy atom. The number of hydrogen-bond donors (Lipinski definition) is 1. The van der Waals surface area contributed by atoms with Crippen molar-refractivity contribution in [3.05, 3.63) is 54.7 Å². The quantitative estimate of drug-likeness (QED) is 0.771. The summed E-state index contributed by atoms with van der Waals surface area (Å²) in [6, 6.07) is 15.0. The lowest BCUT2D eigenvalue weighted by Gasteiger charge is -2.31. The van der Waals surface area contributed by atoms with E-state index in [1.807, 2.05) is 48.7 Å². The molecule has 4 rings (SSSR count). The van der Waals surface area contributed by atoms with E-state index in [0.717, 1.165) is 32.0 Å². The normalized spacial score (nSPS) is 21.8. The summed E-state index contributed by atoms with van der Waals surface area (Å²) >= 11 is 0. The highest BCUT2D eigenvalue weighted by Gasteiger charge is 2.47. The summed E-state index contributed by atoms with van der Waals surface area (Å²) in [5.74, 6) is 0.944. The van der Waals surface area contributed by atoms with Gasteiger partial charge in [0.15, 0.2) is 6.04 Å². The van der Waals surface area contributed by atoms with E-state index in [1.54, 1.807) is 0 Å². The van der Waals surface area contributed by atoms with Gasteiger partial charge >= 0.3 is 0 Å². The molecule has 2 amide bonds. The average Bonchev–Trinajstić information content (AvgIpc) is 2.97. The Morgan fingerprint density at radius 1 is 0.960 bits per heavy atom. The molecular weight excluding hydrogens is 316 g/mol. The third kappa shape index (κ3) is 3.00. The van der Waals surface area contributed by atoms with E-state index in [2.05, 4.69) is 16.0 Å². The fraction of sp³-hybridized carbons (Fsp3) is 0.316. The standard InChI is InChI=1S/C19H20N4O2/c24-18-14-16(19(25)23(18)15-6-2-1-3-7-15)21-10-12-22(13-11-21)17-8-4-5-9-20-17/h1-9,16H,10-14H2/p+2/t16-/m0/s1. The first-order valence-corrected chi connectivity index (χ1v) is 8.72. The van der Waals surface area contributed by atoms with Crippen LogP contribution in [-0.4, -0.2) is 44.0 Å². The van der Waals surface area contributed by atoms with E-state index in [-0.39, 0.29) is 17.9 Å². The van der Waals surface area contributed by atoms with Crippen LogP contribution in [0.1, 0.15) is 6.42 Å². The molecule has 2 aliphatic heterocycles. The first-order valence-electron chi connectivity index (χ1n) is 8.72. The molecule has 128 valence electrons. The maximum absolute atomic E-state index is 12.8. The fourth-order valence-corrected chi connectivity index (χ4v) is 3.76. The third-order valence-corrected chi connectivity index (χ3v) is 5.09. The molecule has 6 nitrogen and oxygen atoms in total. The number of H-pyrrole nitrogens is 1. The molecule has 3 heterocycles. The minimum absolute atomic E-state index is 0.0640. The zero-order valence-corrected chi connectivity index (χ0v) is 14.0. The maximum Gasteiger partial charge on any atom is 0.292 e. The average molecular weight is 338 g/mol. The number of nitrogens with one attached hydrogen (secondary N) is 2. The molecule has 0 saturated carbocycles. The van der Waals surface area contributed by atoms with Crippen LogP contribution in [0, 0.1) is 0 Å². The molecule has 1 aromatic heterocycles. The van der Waals surface area contributed by atoms with Gasteiger partial charge in [0.1, 0.15) is 26.2 Å². The van der Waals surface area contributed by atoms with E-state index in [1.165, 1.54) is 9.80 Å². The number of anilines is 2. The molecule has 1 atom stereocenters. The summed E-state index contributed by atoms with van der Waals surface area (Å²) in [6.45, 7) is 3.46. The lowest BCUT2D eigenvalue weighted by molar-refractivity contribution is -0.915. The predicted molar refractivity (Wildman–Crippen MR) is 93.2 cm³/mol. The van der Waals surface area contributed by atoms with Crippen LogP contribution in [0.4, 0.5) is 11.5 Å². The highest BCUT2D eigenvalue weighted by Crippen LogP contribution is 2.21. The zero-order chi connectivity index (χ0) is 17.2. The van der Waals surface area contributed by atoms with Crippen LogP contribution in [0.2, 0.25) is 0 Å². The molecule has 25 heavy (non-hydrogen) atoms. The highest BCUT2D eigenvalue weighted by atomic mass is 16.2. The Morgan fingerprint density at radius 2 is 1.68 bits per heavy atom. The van der Waals surface area contributed by atoms with Crippen molar-refractivity contribution in [2.45, 2.75) is 12.5 Å². The SMILES string of the molecule is O=C1C[C@H]([NH+]2CCN(c3cccc[nH+]3)CC2)C(=O)N1c1ccccc1. The predicted octanol–water partition coefficient (Wildman–Crippen LogP) is -0.462. The number of amides is 2. The van der Waals surface area contributed by atoms with E-state index in [9.17, 15) is 9.59 Å². The second-order valence-corrected chi connectivity index (χ2v) is 6.55. The van der Waals surface area contributed by atoms with Crippen molar-refractivity contribution in [3.63, 3.8) is 0 Å². The minimum Gasteiger partial charge on any atom is -0.318 e. The van der Waals surface area contributed by atoms with Crippen molar-refractivity contribution < 1.29 is 19.5 Å². The number of pyridine rings is 1. The fourth-order valence-electron chi connectivity index (χ4n) is 3.76. The Balaban J connectivity index is 1.44. The molecule has 0 unspecified atom stereocenters. The Bertz CT molecular complexity index is 758. The number of imide groups is 1. The van der Waals surface area contributed by atoms with Gasteiger partial charge in [-0.05, 0) is 18.2 Å². The van der Waals surface area contributed by atoms with Crippen molar-refractivity contribution in [2.75, 3.05) is 36.0 Å². The van der Waals surface area contributed by atoms with Gasteiger partial charge in [-0.2, -0.15) is 0 Å². The molecule has 0 bridgehead atoms. The third-order valence-electron chi connectivity index (χ3n) is 5.09. The Labute approximate surface area is 146 Å². The van der Waals surface area contributed by atoms with Crippen molar-refractivity contribution in [3.8, 4) is 0 Å². The molecule has 0 spiro atoms. The number of benzene rings is 1. The van der Waals surface area contributed by atoms with Crippen LogP contribution in [0.5, 0.6) is 0 Å². The van der Waals surface area contributed by atoms with Crippen molar-refractivity contribution >= 4 is 23.3 Å². The summed E-state index contributed by atoms with van der Waals surface area (Å²) < 4.78 is 0. The molecule has 2 N–H and O–H groups in total. The molecule has 2 saturated heterocycles. The molecular formula is C19H22N4O2+2. The monoisotopic (exact) mass is 338 g/mol. The van der Waals surface area contributed by atoms with Gasteiger partial charge in [-0.15, -0.1) is 0 Å². The number of carbonyl (C=O) groups is 2. The van der Waals surface area contributed by atoms with Gasteiger partial charge < -0.3 is 4.90 Å². The first kappa shape index (κ1) is 15.8. The molecule has 1 aromatic carbocycles. The van der Waals surface area contributed by atoms with Gasteiger partial charge in [0, 0.05) is 6.07 Å². The molecule has 2 aliphatic rings. The van der Waals surface area contributed by atoms with Gasteiger partial charge in [-0.1, -0.05) is 24.3 Å². The summed E-state index contributed by atoms with van der Waals surface area (Å²) in [7, 11) is 0. The number of carbonyl (C=O) groups excluding carboxylic acids is 2. The molecule has 0 radical (unpaired) electrons. The van der Waals surface area contributed by atoms with Crippen molar-refractivity contribution in [1.82, 2.24) is 0 Å². The Hall–Kier alpha value is -2.73. The summed E-state index contributed by atoms with van der Waals surface area (Å²) in [4.78, 5) is 33.3. The van der Waals surface area contributed by atoms with Gasteiger partial charge in [0.25, 0.3) is 11.7 Å².